The zero-order valence-electron chi connectivity index (χ0n) is 20.3. The monoisotopic (exact) mass is 497 g/mol. The summed E-state index contributed by atoms with van der Waals surface area (Å²) in [6.07, 6.45) is 1.79. The Kier molecular flexibility index (Phi) is 7.85. The average molecular weight is 498 g/mol. The number of benzene rings is 3. The molecule has 1 amide bonds. The molecule has 176 valence electrons. The fourth-order valence-corrected chi connectivity index (χ4v) is 9.07. The summed E-state index contributed by atoms with van der Waals surface area (Å²) in [6.45, 7) is 5.83. The SMILES string of the molecule is CC(C)(C)C(=O)N/C(=C\Sc1ccccn1)[P+](c1ccccc1)(c1ccccc1)c1ccccc1. The molecule has 3 aromatic carbocycles. The van der Waals surface area contributed by atoms with Gasteiger partial charge in [0, 0.05) is 17.0 Å². The first-order valence-electron chi connectivity index (χ1n) is 11.6. The van der Waals surface area contributed by atoms with Crippen molar-refractivity contribution in [1.29, 1.82) is 0 Å². The number of hydrogen-bond donors (Lipinski definition) is 1. The van der Waals surface area contributed by atoms with Crippen molar-refractivity contribution in [3.8, 4) is 0 Å². The second-order valence-corrected chi connectivity index (χ2v) is 13.4. The number of aromatic nitrogens is 1. The molecule has 0 spiro atoms. The largest absolute Gasteiger partial charge is 0.295 e. The van der Waals surface area contributed by atoms with Crippen molar-refractivity contribution in [3.63, 3.8) is 0 Å². The summed E-state index contributed by atoms with van der Waals surface area (Å²) >= 11 is 1.53. The first-order chi connectivity index (χ1) is 16.9. The van der Waals surface area contributed by atoms with Crippen LogP contribution in [0.1, 0.15) is 20.8 Å². The van der Waals surface area contributed by atoms with Crippen molar-refractivity contribution in [3.05, 3.63) is 126 Å². The molecule has 4 rings (SSSR count). The van der Waals surface area contributed by atoms with Crippen LogP contribution in [0.5, 0.6) is 0 Å². The van der Waals surface area contributed by atoms with E-state index < -0.39 is 12.7 Å². The van der Waals surface area contributed by atoms with E-state index in [2.05, 4.69) is 88.5 Å². The number of carbonyl (C=O) groups excluding carboxylic acids is 1. The van der Waals surface area contributed by atoms with E-state index in [1.807, 2.05) is 57.2 Å². The zero-order valence-corrected chi connectivity index (χ0v) is 22.0. The van der Waals surface area contributed by atoms with E-state index in [-0.39, 0.29) is 5.91 Å². The molecule has 1 heterocycles. The Morgan fingerprint density at radius 2 is 1.20 bits per heavy atom. The van der Waals surface area contributed by atoms with E-state index in [1.54, 1.807) is 6.20 Å². The molecule has 0 radical (unpaired) electrons. The van der Waals surface area contributed by atoms with Gasteiger partial charge >= 0.3 is 0 Å². The minimum absolute atomic E-state index is 0.0162. The molecule has 0 unspecified atom stereocenters. The van der Waals surface area contributed by atoms with Crippen LogP contribution in [0.15, 0.2) is 131 Å². The summed E-state index contributed by atoms with van der Waals surface area (Å²) in [7, 11) is -2.44. The van der Waals surface area contributed by atoms with Gasteiger partial charge in [0.1, 0.15) is 20.9 Å². The summed E-state index contributed by atoms with van der Waals surface area (Å²) in [5.41, 5.74) is 0.353. The van der Waals surface area contributed by atoms with Gasteiger partial charge in [0.25, 0.3) is 0 Å². The standard InChI is InChI=1S/C30H29N2OPS/c1-30(2,3)29(33)32-27(23-35-28-21-13-14-22-31-28)34(24-15-7-4-8-16-24,25-17-9-5-10-18-25)26-19-11-6-12-20-26/h4-23H,1-3H3/p+1/b27-23+. The number of carbonyl (C=O) groups is 1. The lowest BCUT2D eigenvalue weighted by molar-refractivity contribution is -0.127. The summed E-state index contributed by atoms with van der Waals surface area (Å²) in [6, 6.07) is 37.5. The first kappa shape index (κ1) is 24.9. The van der Waals surface area contributed by atoms with Crippen LogP contribution >= 0.6 is 19.0 Å². The minimum atomic E-state index is -2.44. The van der Waals surface area contributed by atoms with Crippen molar-refractivity contribution in [2.45, 2.75) is 25.8 Å². The first-order valence-corrected chi connectivity index (χ1v) is 14.2. The van der Waals surface area contributed by atoms with Gasteiger partial charge in [-0.15, -0.1) is 0 Å². The van der Waals surface area contributed by atoms with E-state index in [4.69, 9.17) is 0 Å². The number of amides is 1. The van der Waals surface area contributed by atoms with Gasteiger partial charge in [0.15, 0.2) is 12.7 Å². The van der Waals surface area contributed by atoms with Gasteiger partial charge < -0.3 is 0 Å². The van der Waals surface area contributed by atoms with Gasteiger partial charge in [-0.05, 0) is 48.5 Å². The maximum Gasteiger partial charge on any atom is 0.232 e. The van der Waals surface area contributed by atoms with Crippen LogP contribution in [0.2, 0.25) is 0 Å². The second-order valence-electron chi connectivity index (χ2n) is 9.17. The molecule has 0 fully saturated rings. The summed E-state index contributed by atoms with van der Waals surface area (Å²) in [4.78, 5) is 18.0. The van der Waals surface area contributed by atoms with Crippen LogP contribution in [0, 0.1) is 5.41 Å². The number of rotatable bonds is 7. The fraction of sp³-hybridized carbons (Fsp3) is 0.133. The lowest BCUT2D eigenvalue weighted by Crippen LogP contribution is -2.41. The molecule has 0 saturated heterocycles. The van der Waals surface area contributed by atoms with Gasteiger partial charge in [0.05, 0.1) is 0 Å². The molecule has 0 aliphatic heterocycles. The smallest absolute Gasteiger partial charge is 0.232 e. The molecule has 0 saturated carbocycles. The highest BCUT2D eigenvalue weighted by Crippen LogP contribution is 2.62. The van der Waals surface area contributed by atoms with Gasteiger partial charge in [-0.2, -0.15) is 0 Å². The van der Waals surface area contributed by atoms with E-state index >= 15 is 0 Å². The molecule has 35 heavy (non-hydrogen) atoms. The lowest BCUT2D eigenvalue weighted by atomic mass is 9.96. The highest BCUT2D eigenvalue weighted by atomic mass is 32.2. The highest BCUT2D eigenvalue weighted by molar-refractivity contribution is 8.04. The zero-order chi connectivity index (χ0) is 24.7. The fourth-order valence-electron chi connectivity index (χ4n) is 3.85. The molecule has 1 aromatic heterocycles. The van der Waals surface area contributed by atoms with Gasteiger partial charge in [0.2, 0.25) is 5.91 Å². The molecule has 0 aliphatic carbocycles. The van der Waals surface area contributed by atoms with Gasteiger partial charge in [-0.3, -0.25) is 10.1 Å². The van der Waals surface area contributed by atoms with Crippen LogP contribution in [0.4, 0.5) is 0 Å². The molecule has 0 bridgehead atoms. The van der Waals surface area contributed by atoms with E-state index in [0.717, 1.165) is 10.5 Å². The maximum atomic E-state index is 13.5. The topological polar surface area (TPSA) is 42.0 Å². The van der Waals surface area contributed by atoms with Crippen LogP contribution in [-0.4, -0.2) is 10.9 Å². The van der Waals surface area contributed by atoms with Gasteiger partial charge in [-0.1, -0.05) is 93.2 Å². The lowest BCUT2D eigenvalue weighted by Gasteiger charge is -2.30. The maximum absolute atomic E-state index is 13.5. The number of hydrogen-bond acceptors (Lipinski definition) is 3. The molecule has 1 N–H and O–H groups in total. The van der Waals surface area contributed by atoms with Crippen LogP contribution < -0.4 is 21.2 Å². The van der Waals surface area contributed by atoms with E-state index in [0.29, 0.717) is 0 Å². The molecular weight excluding hydrogens is 467 g/mol. The summed E-state index contributed by atoms with van der Waals surface area (Å²) in [5, 5.41) is 9.89. The van der Waals surface area contributed by atoms with Crippen molar-refractivity contribution in [2.75, 3.05) is 0 Å². The average Bonchev–Trinajstić information content (AvgIpc) is 2.89. The second kappa shape index (κ2) is 11.0. The van der Waals surface area contributed by atoms with Crippen molar-refractivity contribution in [2.24, 2.45) is 5.41 Å². The number of nitrogens with one attached hydrogen (secondary N) is 1. The third-order valence-corrected chi connectivity index (χ3v) is 10.8. The number of nitrogens with zero attached hydrogens (tertiary/aromatic N) is 1. The Hall–Kier alpha value is -3.20. The molecule has 4 aromatic rings. The third kappa shape index (κ3) is 5.56. The molecule has 5 heteroatoms. The van der Waals surface area contributed by atoms with Crippen molar-refractivity contribution in [1.82, 2.24) is 10.3 Å². The minimum Gasteiger partial charge on any atom is -0.295 e. The van der Waals surface area contributed by atoms with Crippen LogP contribution in [0.3, 0.4) is 0 Å². The summed E-state index contributed by atoms with van der Waals surface area (Å²) < 4.78 is 0. The highest BCUT2D eigenvalue weighted by Gasteiger charge is 2.51. The summed E-state index contributed by atoms with van der Waals surface area (Å²) in [5.74, 6) is -0.0162. The van der Waals surface area contributed by atoms with Crippen molar-refractivity contribution < 1.29 is 4.79 Å². The Morgan fingerprint density at radius 1 is 0.743 bits per heavy atom. The predicted octanol–water partition coefficient (Wildman–Crippen LogP) is 6.13. The molecule has 0 aliphatic rings. The third-order valence-electron chi connectivity index (χ3n) is 5.64. The Labute approximate surface area is 213 Å². The normalized spacial score (nSPS) is 12.3. The van der Waals surface area contributed by atoms with Gasteiger partial charge in [-0.25, -0.2) is 4.98 Å². The number of thioether (sulfide) groups is 1. The Morgan fingerprint density at radius 3 is 1.60 bits per heavy atom. The quantitative estimate of drug-likeness (QED) is 0.247. The van der Waals surface area contributed by atoms with E-state index in [9.17, 15) is 4.79 Å². The Balaban J connectivity index is 2.03. The molecular formula is C30H30N2OPS+. The predicted molar refractivity (Wildman–Crippen MR) is 151 cm³/mol. The molecule has 0 atom stereocenters. The van der Waals surface area contributed by atoms with E-state index in [1.165, 1.54) is 27.7 Å². The van der Waals surface area contributed by atoms with Crippen LogP contribution in [0.25, 0.3) is 0 Å². The van der Waals surface area contributed by atoms with Crippen LogP contribution in [-0.2, 0) is 4.79 Å². The Bertz CT molecular complexity index is 1180. The number of pyridine rings is 1. The molecule has 3 nitrogen and oxygen atoms in total. The van der Waals surface area contributed by atoms with Crippen molar-refractivity contribution >= 4 is 40.8 Å².